The van der Waals surface area contributed by atoms with Crippen LogP contribution in [0.25, 0.3) is 6.08 Å². The van der Waals surface area contributed by atoms with E-state index in [1.165, 1.54) is 24.3 Å². The van der Waals surface area contributed by atoms with Gasteiger partial charge in [-0.25, -0.2) is 4.39 Å². The Hall–Kier alpha value is -3.12. The van der Waals surface area contributed by atoms with Crippen LogP contribution in [0.15, 0.2) is 54.7 Å². The first kappa shape index (κ1) is 16.1. The molecule has 2 amide bonds. The Labute approximate surface area is 154 Å². The number of amides is 2. The largest absolute Gasteiger partial charge is 0.295 e. The summed E-state index contributed by atoms with van der Waals surface area (Å²) in [7, 11) is 0. The molecule has 5 atom stereocenters. The SMILES string of the molecule is O=C1NC(=O)[C@H]2[C@@H]1[C@@H]1c3ccccc3C=C[NH+]1[C@H]2C(=O)c1ccc(F)cc1. The lowest BCUT2D eigenvalue weighted by Crippen LogP contribution is -3.12. The summed E-state index contributed by atoms with van der Waals surface area (Å²) >= 11 is 0. The third kappa shape index (κ3) is 2.23. The van der Waals surface area contributed by atoms with E-state index in [0.29, 0.717) is 5.56 Å². The van der Waals surface area contributed by atoms with Crippen molar-refractivity contribution in [3.8, 4) is 0 Å². The number of carbonyl (C=O) groups is 3. The van der Waals surface area contributed by atoms with E-state index in [-0.39, 0.29) is 17.7 Å². The standard InChI is InChI=1S/C21H15FN2O3/c22-13-7-5-12(6-8-13)19(25)18-16-15(20(26)23-21(16)27)17-14-4-2-1-3-11(14)9-10-24(17)18/h1-10,15-18H,(H,23,26,27)/p+1/t15-,16+,17+,18-/m1/s1. The fourth-order valence-corrected chi connectivity index (χ4v) is 4.76. The highest BCUT2D eigenvalue weighted by atomic mass is 19.1. The van der Waals surface area contributed by atoms with Crippen LogP contribution in [0.4, 0.5) is 4.39 Å². The van der Waals surface area contributed by atoms with Gasteiger partial charge in [-0.05, 0) is 35.9 Å². The molecule has 0 radical (unpaired) electrons. The van der Waals surface area contributed by atoms with Gasteiger partial charge in [0, 0.05) is 11.1 Å². The molecule has 0 bridgehead atoms. The third-order valence-electron chi connectivity index (χ3n) is 5.87. The summed E-state index contributed by atoms with van der Waals surface area (Å²) in [6, 6.07) is 12.0. The van der Waals surface area contributed by atoms with Crippen molar-refractivity contribution in [3.63, 3.8) is 0 Å². The molecular formula is C21H16FN2O3+. The molecule has 0 saturated carbocycles. The molecule has 2 aromatic carbocycles. The van der Waals surface area contributed by atoms with E-state index in [4.69, 9.17) is 0 Å². The molecule has 0 spiro atoms. The number of Topliss-reactive ketones (excluding diaryl/α,β-unsaturated/α-hetero) is 1. The minimum Gasteiger partial charge on any atom is -0.295 e. The average Bonchev–Trinajstić information content (AvgIpc) is 3.17. The molecule has 3 heterocycles. The zero-order chi connectivity index (χ0) is 18.7. The van der Waals surface area contributed by atoms with Crippen molar-refractivity contribution < 1.29 is 23.7 Å². The summed E-state index contributed by atoms with van der Waals surface area (Å²) < 4.78 is 13.3. The number of hydrogen-bond acceptors (Lipinski definition) is 3. The Balaban J connectivity index is 1.64. The summed E-state index contributed by atoms with van der Waals surface area (Å²) in [4.78, 5) is 39.1. The second-order valence-corrected chi connectivity index (χ2v) is 7.19. The molecule has 1 unspecified atom stereocenters. The van der Waals surface area contributed by atoms with Gasteiger partial charge in [0.2, 0.25) is 17.6 Å². The molecule has 2 fully saturated rings. The van der Waals surface area contributed by atoms with Crippen LogP contribution in [0.1, 0.15) is 27.5 Å². The van der Waals surface area contributed by atoms with Gasteiger partial charge in [-0.1, -0.05) is 24.3 Å². The second-order valence-electron chi connectivity index (χ2n) is 7.19. The summed E-state index contributed by atoms with van der Waals surface area (Å²) in [5.41, 5.74) is 2.30. The molecule has 27 heavy (non-hydrogen) atoms. The van der Waals surface area contributed by atoms with Crippen molar-refractivity contribution in [2.24, 2.45) is 11.8 Å². The molecule has 3 aliphatic heterocycles. The van der Waals surface area contributed by atoms with E-state index >= 15 is 0 Å². The van der Waals surface area contributed by atoms with Gasteiger partial charge in [0.15, 0.2) is 6.04 Å². The maximum absolute atomic E-state index is 13.3. The number of rotatable bonds is 2. The van der Waals surface area contributed by atoms with Crippen molar-refractivity contribution in [1.29, 1.82) is 0 Å². The summed E-state index contributed by atoms with van der Waals surface area (Å²) in [5.74, 6) is -2.73. The van der Waals surface area contributed by atoms with E-state index < -0.39 is 29.6 Å². The Morgan fingerprint density at radius 1 is 0.963 bits per heavy atom. The van der Waals surface area contributed by atoms with Gasteiger partial charge in [0.1, 0.15) is 23.7 Å². The number of nitrogens with one attached hydrogen (secondary N) is 2. The molecular weight excluding hydrogens is 347 g/mol. The molecule has 0 aliphatic carbocycles. The van der Waals surface area contributed by atoms with Gasteiger partial charge >= 0.3 is 0 Å². The molecule has 134 valence electrons. The zero-order valence-electron chi connectivity index (χ0n) is 14.2. The molecule has 5 nitrogen and oxygen atoms in total. The van der Waals surface area contributed by atoms with E-state index in [2.05, 4.69) is 5.32 Å². The Bertz CT molecular complexity index is 1010. The highest BCUT2D eigenvalue weighted by Crippen LogP contribution is 2.40. The Morgan fingerprint density at radius 2 is 1.67 bits per heavy atom. The quantitative estimate of drug-likeness (QED) is 0.615. The second kappa shape index (κ2) is 5.69. The monoisotopic (exact) mass is 363 g/mol. The fraction of sp³-hybridized carbons (Fsp3) is 0.190. The van der Waals surface area contributed by atoms with Gasteiger partial charge in [0.25, 0.3) is 0 Å². The van der Waals surface area contributed by atoms with Crippen molar-refractivity contribution in [1.82, 2.24) is 5.32 Å². The number of carbonyl (C=O) groups excluding carboxylic acids is 3. The van der Waals surface area contributed by atoms with Crippen molar-refractivity contribution in [2.45, 2.75) is 12.1 Å². The molecule has 5 rings (SSSR count). The van der Waals surface area contributed by atoms with Crippen molar-refractivity contribution in [3.05, 3.63) is 77.2 Å². The summed E-state index contributed by atoms with van der Waals surface area (Å²) in [6.07, 6.45) is 3.80. The van der Waals surface area contributed by atoms with Crippen LogP contribution in [0, 0.1) is 17.7 Å². The van der Waals surface area contributed by atoms with E-state index in [0.717, 1.165) is 16.0 Å². The van der Waals surface area contributed by atoms with Gasteiger partial charge < -0.3 is 0 Å². The van der Waals surface area contributed by atoms with Gasteiger partial charge in [-0.3, -0.25) is 24.6 Å². The smallest absolute Gasteiger partial charge is 0.237 e. The average molecular weight is 363 g/mol. The van der Waals surface area contributed by atoms with Gasteiger partial charge in [0.05, 0.1) is 6.20 Å². The predicted octanol–water partition coefficient (Wildman–Crippen LogP) is 0.890. The number of halogens is 1. The van der Waals surface area contributed by atoms with Crippen LogP contribution in [-0.2, 0) is 9.59 Å². The normalized spacial score (nSPS) is 30.5. The van der Waals surface area contributed by atoms with Crippen LogP contribution >= 0.6 is 0 Å². The lowest BCUT2D eigenvalue weighted by Gasteiger charge is -2.29. The first-order valence-corrected chi connectivity index (χ1v) is 8.84. The first-order valence-electron chi connectivity index (χ1n) is 8.84. The molecule has 3 aliphatic rings. The number of fused-ring (bicyclic) bond motifs is 5. The predicted molar refractivity (Wildman–Crippen MR) is 93.8 cm³/mol. The summed E-state index contributed by atoms with van der Waals surface area (Å²) in [6.45, 7) is 0. The number of ketones is 1. The highest BCUT2D eigenvalue weighted by molar-refractivity contribution is 6.10. The Kier molecular flexibility index (Phi) is 3.39. The minimum absolute atomic E-state index is 0.253. The maximum atomic E-state index is 13.3. The zero-order valence-corrected chi connectivity index (χ0v) is 14.2. The minimum atomic E-state index is -0.731. The molecule has 0 aromatic heterocycles. The van der Waals surface area contributed by atoms with Gasteiger partial charge in [-0.15, -0.1) is 0 Å². The van der Waals surface area contributed by atoms with Crippen molar-refractivity contribution in [2.75, 3.05) is 0 Å². The molecule has 2 saturated heterocycles. The maximum Gasteiger partial charge on any atom is 0.237 e. The molecule has 2 aromatic rings. The fourth-order valence-electron chi connectivity index (χ4n) is 4.76. The molecule has 2 N–H and O–H groups in total. The van der Waals surface area contributed by atoms with Crippen molar-refractivity contribution >= 4 is 23.7 Å². The number of hydrogen-bond donors (Lipinski definition) is 2. The van der Waals surface area contributed by atoms with Crippen LogP contribution in [0.3, 0.4) is 0 Å². The van der Waals surface area contributed by atoms with Gasteiger partial charge in [-0.2, -0.15) is 0 Å². The van der Waals surface area contributed by atoms with Crippen LogP contribution in [-0.4, -0.2) is 23.6 Å². The third-order valence-corrected chi connectivity index (χ3v) is 5.87. The first-order chi connectivity index (χ1) is 13.1. The Morgan fingerprint density at radius 3 is 2.44 bits per heavy atom. The molecule has 6 heteroatoms. The van der Waals surface area contributed by atoms with E-state index in [1.54, 1.807) is 0 Å². The number of quaternary nitrogens is 1. The summed E-state index contributed by atoms with van der Waals surface area (Å²) in [5, 5.41) is 2.40. The number of imide groups is 1. The van der Waals surface area contributed by atoms with E-state index in [9.17, 15) is 18.8 Å². The van der Waals surface area contributed by atoms with Crippen LogP contribution < -0.4 is 10.2 Å². The van der Waals surface area contributed by atoms with Crippen LogP contribution in [0.5, 0.6) is 0 Å². The van der Waals surface area contributed by atoms with Crippen LogP contribution in [0.2, 0.25) is 0 Å². The highest BCUT2D eigenvalue weighted by Gasteiger charge is 2.65. The lowest BCUT2D eigenvalue weighted by atomic mass is 9.83. The lowest BCUT2D eigenvalue weighted by molar-refractivity contribution is -0.884. The topological polar surface area (TPSA) is 67.7 Å². The number of benzene rings is 2. The van der Waals surface area contributed by atoms with E-state index in [1.807, 2.05) is 36.5 Å².